The molecule has 296 valence electrons. The van der Waals surface area contributed by atoms with Crippen molar-refractivity contribution in [2.75, 3.05) is 40.8 Å². The molecule has 0 aromatic heterocycles. The van der Waals surface area contributed by atoms with Crippen molar-refractivity contribution in [2.24, 2.45) is 11.8 Å². The van der Waals surface area contributed by atoms with Gasteiger partial charge in [0.2, 0.25) is 6.04 Å². The van der Waals surface area contributed by atoms with E-state index in [0.29, 0.717) is 5.92 Å². The summed E-state index contributed by atoms with van der Waals surface area (Å²) in [4.78, 5) is 15.3. The van der Waals surface area contributed by atoms with Gasteiger partial charge < -0.3 is 9.64 Å². The number of nitrogens with zero attached hydrogens (tertiary/aromatic N) is 3. The summed E-state index contributed by atoms with van der Waals surface area (Å²) >= 11 is 1.42. The zero-order chi connectivity index (χ0) is 37.2. The largest absolute Gasteiger partial charge is 0.375 e. The summed E-state index contributed by atoms with van der Waals surface area (Å²) in [5.74, 6) is -0.741. The summed E-state index contributed by atoms with van der Waals surface area (Å²) in [5, 5.41) is 20.8. The van der Waals surface area contributed by atoms with Gasteiger partial charge in [-0.1, -0.05) is 0 Å². The molecule has 0 amide bonds. The number of hydrazine groups is 1. The maximum Gasteiger partial charge on any atom is 0.246 e. The molecule has 5 fully saturated rings. The quantitative estimate of drug-likeness (QED) is 0.138. The molecule has 0 aromatic rings. The van der Waals surface area contributed by atoms with Gasteiger partial charge in [-0.05, 0) is 112 Å². The number of sulfone groups is 1. The molecule has 0 bridgehead atoms. The first-order valence-corrected chi connectivity index (χ1v) is 21.2. The number of hydrogen-bond donors (Lipinski definition) is 5. The molecule has 5 aliphatic rings. The van der Waals surface area contributed by atoms with Crippen LogP contribution in [-0.2, 0) is 14.6 Å². The smallest absolute Gasteiger partial charge is 0.246 e. The highest BCUT2D eigenvalue weighted by atomic mass is 32.2. The first kappa shape index (κ1) is 41.3. The van der Waals surface area contributed by atoms with Gasteiger partial charge in [-0.2, -0.15) is 0 Å². The third kappa shape index (κ3) is 9.53. The van der Waals surface area contributed by atoms with E-state index in [2.05, 4.69) is 57.6 Å². The highest BCUT2D eigenvalue weighted by Crippen LogP contribution is 2.46. The van der Waals surface area contributed by atoms with Crippen LogP contribution in [0, 0.1) is 22.0 Å². The lowest BCUT2D eigenvalue weighted by atomic mass is 9.76. The van der Waals surface area contributed by atoms with Crippen molar-refractivity contribution in [2.45, 2.75) is 155 Å². The van der Waals surface area contributed by atoms with Crippen LogP contribution in [0.3, 0.4) is 0 Å². The number of alkyl halides is 3. The van der Waals surface area contributed by atoms with E-state index in [1.807, 2.05) is 0 Å². The Bertz CT molecular complexity index is 1270. The molecule has 3 aliphatic heterocycles. The van der Waals surface area contributed by atoms with Gasteiger partial charge in [0.1, 0.15) is 23.9 Å². The lowest BCUT2D eigenvalue weighted by molar-refractivity contribution is -0.538. The number of halogens is 3. The molecule has 5 rings (SSSR count). The van der Waals surface area contributed by atoms with Crippen LogP contribution >= 0.6 is 11.8 Å². The number of ether oxygens (including phenoxy) is 1. The molecule has 0 aromatic carbocycles. The summed E-state index contributed by atoms with van der Waals surface area (Å²) in [6.45, 7) is 7.63. The fraction of sp³-hybridized carbons (Fsp3) is 1.00. The zero-order valence-corrected chi connectivity index (χ0v) is 32.5. The summed E-state index contributed by atoms with van der Waals surface area (Å²) in [6.07, 6.45) is -2.54. The average Bonchev–Trinajstić information content (AvgIpc) is 3.49. The summed E-state index contributed by atoms with van der Waals surface area (Å²) in [6, 6.07) is -1.51. The van der Waals surface area contributed by atoms with Gasteiger partial charge in [0, 0.05) is 35.7 Å². The van der Waals surface area contributed by atoms with Gasteiger partial charge in [-0.3, -0.25) is 36.4 Å². The van der Waals surface area contributed by atoms with Crippen LogP contribution in [0.5, 0.6) is 0 Å². The minimum Gasteiger partial charge on any atom is -0.375 e. The van der Waals surface area contributed by atoms with Gasteiger partial charge in [-0.25, -0.2) is 27.0 Å². The first-order valence-electron chi connectivity index (χ1n) is 18.7. The molecule has 2 aliphatic carbocycles. The van der Waals surface area contributed by atoms with Gasteiger partial charge >= 0.3 is 0 Å². The average molecular weight is 771 g/mol. The van der Waals surface area contributed by atoms with Gasteiger partial charge in [0.05, 0.1) is 28.5 Å². The molecule has 0 radical (unpaired) electrons. The van der Waals surface area contributed by atoms with Crippen LogP contribution in [0.1, 0.15) is 78.6 Å². The number of rotatable bonds is 13. The lowest BCUT2D eigenvalue weighted by Gasteiger charge is -2.50. The summed E-state index contributed by atoms with van der Waals surface area (Å²) in [7, 11) is 1.72. The van der Waals surface area contributed by atoms with E-state index in [-0.39, 0.29) is 55.4 Å². The lowest BCUT2D eigenvalue weighted by Crippen LogP contribution is -2.75. The Hall–Kier alpha value is -0.830. The third-order valence-electron chi connectivity index (χ3n) is 12.1. The molecule has 18 heteroatoms. The Morgan fingerprint density at radius 3 is 2.33 bits per heavy atom. The number of methoxy groups -OCH3 is 1. The van der Waals surface area contributed by atoms with E-state index in [0.717, 1.165) is 45.3 Å². The number of piperidine rings is 1. The van der Waals surface area contributed by atoms with Crippen molar-refractivity contribution in [1.29, 1.82) is 0 Å². The number of likely N-dealkylation sites (tertiary alicyclic amines) is 1. The Balaban J connectivity index is 1.25. The second-order valence-corrected chi connectivity index (χ2v) is 20.5. The molecular formula is C33H61F3N8O5S2. The van der Waals surface area contributed by atoms with Crippen molar-refractivity contribution in [3.63, 3.8) is 0 Å². The molecule has 0 spiro atoms. The zero-order valence-electron chi connectivity index (χ0n) is 30.9. The predicted octanol–water partition coefficient (Wildman–Crippen LogP) is 2.51. The summed E-state index contributed by atoms with van der Waals surface area (Å²) < 4.78 is 78.4. The van der Waals surface area contributed by atoms with Crippen molar-refractivity contribution >= 4 is 21.6 Å². The third-order valence-corrected chi connectivity index (χ3v) is 16.6. The maximum atomic E-state index is 16.1. The van der Waals surface area contributed by atoms with Gasteiger partial charge in [0.25, 0.3) is 0 Å². The molecule has 13 atom stereocenters. The van der Waals surface area contributed by atoms with Crippen LogP contribution in [0.15, 0.2) is 0 Å². The van der Waals surface area contributed by atoms with E-state index >= 15 is 8.78 Å². The van der Waals surface area contributed by atoms with Crippen molar-refractivity contribution in [1.82, 2.24) is 36.6 Å². The van der Waals surface area contributed by atoms with E-state index in [1.54, 1.807) is 7.11 Å². The Morgan fingerprint density at radius 2 is 1.75 bits per heavy atom. The van der Waals surface area contributed by atoms with Crippen LogP contribution in [0.4, 0.5) is 13.2 Å². The van der Waals surface area contributed by atoms with E-state index < -0.39 is 73.3 Å². The highest BCUT2D eigenvalue weighted by molar-refractivity contribution is 8.00. The predicted molar refractivity (Wildman–Crippen MR) is 193 cm³/mol. The Morgan fingerprint density at radius 1 is 1.04 bits per heavy atom. The monoisotopic (exact) mass is 770 g/mol. The molecule has 2 saturated carbocycles. The van der Waals surface area contributed by atoms with Crippen molar-refractivity contribution in [3.8, 4) is 0 Å². The topological polar surface area (TPSA) is 153 Å². The number of nitro groups is 1. The van der Waals surface area contributed by atoms with E-state index in [1.165, 1.54) is 25.6 Å². The molecular weight excluding hydrogens is 710 g/mol. The van der Waals surface area contributed by atoms with E-state index in [4.69, 9.17) is 4.74 Å². The normalized spacial score (nSPS) is 40.9. The summed E-state index contributed by atoms with van der Waals surface area (Å²) in [5.41, 5.74) is 6.19. The number of nitrogens with one attached hydrogen (secondary N) is 5. The van der Waals surface area contributed by atoms with Crippen LogP contribution < -0.4 is 26.8 Å². The maximum absolute atomic E-state index is 16.1. The molecule has 13 nitrogen and oxygen atoms in total. The Labute approximate surface area is 306 Å². The van der Waals surface area contributed by atoms with Crippen molar-refractivity contribution in [3.05, 3.63) is 10.1 Å². The SMILES string of the molecule is COC1C(NC2CC(C)NN2)NC(SC2CCC(S(=O)(=O)C(C)(C)C3CC(F)CC([N+](=O)[O-])C3F)CC2F)NC1N1CCC(CCN(C)C)CC1. The highest BCUT2D eigenvalue weighted by Gasteiger charge is 2.57. The van der Waals surface area contributed by atoms with E-state index in [9.17, 15) is 22.9 Å². The fourth-order valence-corrected chi connectivity index (χ4v) is 12.6. The standard InChI is InChI=1S/C33H61F3N8O5S2/c1-19-15-27(41-40-19)37-30-29(49-6)31(43-13-10-20(11-14-43)9-12-42(4)5)39-32(38-30)50-26-8-7-22(18-24(26)35)51(47,48)33(2,3)23-16-21(34)17-25(28(23)36)44(45)46/h19-32,37-41H,7-18H2,1-6H3. The second-order valence-electron chi connectivity index (χ2n) is 16.3. The first-order chi connectivity index (χ1) is 24.0. The minimum absolute atomic E-state index is 0.00404. The van der Waals surface area contributed by atoms with Gasteiger partial charge in [-0.15, -0.1) is 11.8 Å². The number of thioether (sulfide) groups is 1. The minimum atomic E-state index is -4.19. The Kier molecular flexibility index (Phi) is 14.0. The van der Waals surface area contributed by atoms with Crippen LogP contribution in [-0.4, -0.2) is 140 Å². The number of hydrogen-bond acceptors (Lipinski definition) is 13. The molecule has 3 saturated heterocycles. The molecule has 5 N–H and O–H groups in total. The van der Waals surface area contributed by atoms with Crippen molar-refractivity contribution < 1.29 is 31.2 Å². The molecule has 51 heavy (non-hydrogen) atoms. The second kappa shape index (κ2) is 17.3. The van der Waals surface area contributed by atoms with Gasteiger partial charge in [0.15, 0.2) is 16.0 Å². The molecule has 13 unspecified atom stereocenters. The van der Waals surface area contributed by atoms with Crippen LogP contribution in [0.25, 0.3) is 0 Å². The fourth-order valence-electron chi connectivity index (χ4n) is 8.87. The molecule has 3 heterocycles. The van der Waals surface area contributed by atoms with Crippen LogP contribution in [0.2, 0.25) is 0 Å².